The lowest BCUT2D eigenvalue weighted by atomic mass is 10.0. The van der Waals surface area contributed by atoms with Crippen molar-refractivity contribution in [3.8, 4) is 16.9 Å². The zero-order valence-corrected chi connectivity index (χ0v) is 24.7. The Balaban J connectivity index is 1.31. The van der Waals surface area contributed by atoms with Crippen LogP contribution in [0.2, 0.25) is 0 Å². The smallest absolute Gasteiger partial charge is 0.335 e. The second kappa shape index (κ2) is 14.1. The molecular weight excluding hydrogens is 572 g/mol. The summed E-state index contributed by atoms with van der Waals surface area (Å²) in [5, 5.41) is 18.6. The number of thioether (sulfide) groups is 1. The largest absolute Gasteiger partial charge is 0.492 e. The second-order valence-corrected chi connectivity index (χ2v) is 11.7. The van der Waals surface area contributed by atoms with Crippen molar-refractivity contribution in [2.24, 2.45) is 0 Å². The highest BCUT2D eigenvalue weighted by Gasteiger charge is 2.31. The van der Waals surface area contributed by atoms with E-state index in [1.165, 1.54) is 11.8 Å². The van der Waals surface area contributed by atoms with Crippen LogP contribution in [0.1, 0.15) is 27.0 Å². The van der Waals surface area contributed by atoms with Crippen LogP contribution < -0.4 is 4.74 Å². The van der Waals surface area contributed by atoms with E-state index in [-0.39, 0.29) is 18.1 Å². The number of carbonyl (C=O) groups is 2. The quantitative estimate of drug-likeness (QED) is 0.238. The van der Waals surface area contributed by atoms with E-state index in [0.29, 0.717) is 28.8 Å². The minimum atomic E-state index is -0.971. The number of amides is 1. The lowest BCUT2D eigenvalue weighted by Crippen LogP contribution is -2.38. The first-order valence-electron chi connectivity index (χ1n) is 13.8. The van der Waals surface area contributed by atoms with Gasteiger partial charge in [-0.1, -0.05) is 66.4 Å². The molecule has 5 rings (SSSR count). The molecule has 2 saturated heterocycles. The summed E-state index contributed by atoms with van der Waals surface area (Å²) in [5.41, 5.74) is 4.68. The van der Waals surface area contributed by atoms with E-state index in [1.54, 1.807) is 29.2 Å². The molecule has 0 spiro atoms. The molecule has 2 aliphatic rings. The van der Waals surface area contributed by atoms with Gasteiger partial charge in [0.1, 0.15) is 16.7 Å². The van der Waals surface area contributed by atoms with Crippen LogP contribution >= 0.6 is 24.0 Å². The molecule has 0 unspecified atom stereocenters. The lowest BCUT2D eigenvalue weighted by molar-refractivity contribution is -0.122. The van der Waals surface area contributed by atoms with E-state index in [0.717, 1.165) is 66.4 Å². The number of thiocarbonyl (C=S) groups is 1. The number of aromatic carboxylic acids is 1. The highest BCUT2D eigenvalue weighted by Crippen LogP contribution is 2.36. The van der Waals surface area contributed by atoms with Gasteiger partial charge in [-0.2, -0.15) is 0 Å². The Bertz CT molecular complexity index is 1470. The normalized spacial score (nSPS) is 16.8. The van der Waals surface area contributed by atoms with Crippen LogP contribution in [0.5, 0.6) is 5.75 Å². The lowest BCUT2D eigenvalue weighted by Gasteiger charge is -2.26. The number of hydrogen-bond acceptors (Lipinski definition) is 8. The molecule has 3 aromatic rings. The maximum absolute atomic E-state index is 13.3. The van der Waals surface area contributed by atoms with Crippen molar-refractivity contribution in [1.29, 1.82) is 0 Å². The average Bonchev–Trinajstić information content (AvgIpc) is 3.28. The van der Waals surface area contributed by atoms with Crippen molar-refractivity contribution >= 4 is 46.3 Å². The van der Waals surface area contributed by atoms with Gasteiger partial charge in [-0.3, -0.25) is 14.6 Å². The Kier molecular flexibility index (Phi) is 10.0. The fourth-order valence-electron chi connectivity index (χ4n) is 4.79. The van der Waals surface area contributed by atoms with E-state index < -0.39 is 5.97 Å². The number of aliphatic hydroxyl groups is 1. The van der Waals surface area contributed by atoms with Crippen LogP contribution in [-0.2, 0) is 22.6 Å². The van der Waals surface area contributed by atoms with Crippen molar-refractivity contribution in [2.75, 3.05) is 46.0 Å². The number of morpholine rings is 1. The van der Waals surface area contributed by atoms with E-state index in [2.05, 4.69) is 4.90 Å². The number of ether oxygens (including phenoxy) is 2. The molecule has 2 aliphatic heterocycles. The van der Waals surface area contributed by atoms with Gasteiger partial charge >= 0.3 is 5.97 Å². The van der Waals surface area contributed by atoms with Crippen LogP contribution in [0.3, 0.4) is 0 Å². The first-order valence-corrected chi connectivity index (χ1v) is 15.0. The Morgan fingerprint density at radius 1 is 1.00 bits per heavy atom. The fourth-order valence-corrected chi connectivity index (χ4v) is 6.10. The van der Waals surface area contributed by atoms with E-state index in [9.17, 15) is 14.7 Å². The van der Waals surface area contributed by atoms with Gasteiger partial charge in [-0.15, -0.1) is 0 Å². The predicted molar refractivity (Wildman–Crippen MR) is 168 cm³/mol. The monoisotopic (exact) mass is 604 g/mol. The molecule has 1 amide bonds. The number of rotatable bonds is 11. The first-order chi connectivity index (χ1) is 20.4. The summed E-state index contributed by atoms with van der Waals surface area (Å²) in [7, 11) is 0. The summed E-state index contributed by atoms with van der Waals surface area (Å²) < 4.78 is 12.2. The third kappa shape index (κ3) is 7.45. The first kappa shape index (κ1) is 29.9. The van der Waals surface area contributed by atoms with Crippen molar-refractivity contribution in [1.82, 2.24) is 9.80 Å². The van der Waals surface area contributed by atoms with E-state index in [1.807, 2.05) is 48.5 Å². The molecule has 0 radical (unpaired) electrons. The summed E-state index contributed by atoms with van der Waals surface area (Å²) in [6, 6.07) is 20.2. The Morgan fingerprint density at radius 3 is 2.40 bits per heavy atom. The Hall–Kier alpha value is -3.54. The molecule has 0 aliphatic carbocycles. The summed E-state index contributed by atoms with van der Waals surface area (Å²) >= 11 is 6.80. The number of carboxylic acids is 1. The molecule has 42 heavy (non-hydrogen) atoms. The number of carboxylic acid groups (broad SMARTS) is 1. The minimum Gasteiger partial charge on any atom is -0.492 e. The molecule has 8 nitrogen and oxygen atoms in total. The standard InChI is InChI=1S/C32H32N2O6S2/c35-21-23-3-6-25(7-4-23)27-19-24(5-10-28(27)40-18-15-33-13-16-39-17-14-33)20-29-30(36)34(32(41)42-29)12-11-22-1-8-26(9-2-22)31(37)38/h1-10,19-20,35H,11-18,21H2,(H,37,38). The molecule has 218 valence electrons. The van der Waals surface area contributed by atoms with Gasteiger partial charge in [0.25, 0.3) is 5.91 Å². The topological polar surface area (TPSA) is 99.5 Å². The number of carbonyl (C=O) groups excluding carboxylic acids is 1. The number of nitrogens with zero attached hydrogens (tertiary/aromatic N) is 2. The SMILES string of the molecule is O=C(O)c1ccc(CCN2C(=O)C(=Cc3ccc(OCCN4CCOCC4)c(-c4ccc(CO)cc4)c3)SC2=S)cc1. The average molecular weight is 605 g/mol. The molecule has 10 heteroatoms. The van der Waals surface area contributed by atoms with Gasteiger partial charge < -0.3 is 19.7 Å². The van der Waals surface area contributed by atoms with Crippen molar-refractivity contribution < 1.29 is 29.3 Å². The van der Waals surface area contributed by atoms with Crippen LogP contribution in [0.4, 0.5) is 0 Å². The third-order valence-electron chi connectivity index (χ3n) is 7.22. The highest BCUT2D eigenvalue weighted by molar-refractivity contribution is 8.26. The van der Waals surface area contributed by atoms with E-state index >= 15 is 0 Å². The summed E-state index contributed by atoms with van der Waals surface area (Å²) in [4.78, 5) is 28.8. The van der Waals surface area contributed by atoms with E-state index in [4.69, 9.17) is 26.8 Å². The molecule has 0 atom stereocenters. The molecule has 3 aromatic carbocycles. The summed E-state index contributed by atoms with van der Waals surface area (Å²) in [6.45, 7) is 5.00. The molecule has 2 heterocycles. The zero-order chi connectivity index (χ0) is 29.5. The van der Waals surface area contributed by atoms with Crippen molar-refractivity contribution in [2.45, 2.75) is 13.0 Å². The van der Waals surface area contributed by atoms with Crippen LogP contribution in [-0.4, -0.2) is 82.2 Å². The summed E-state index contributed by atoms with van der Waals surface area (Å²) in [6.07, 6.45) is 2.41. The number of aliphatic hydroxyl groups excluding tert-OH is 1. The Morgan fingerprint density at radius 2 is 1.71 bits per heavy atom. The molecular formula is C32H32N2O6S2. The van der Waals surface area contributed by atoms with Gasteiger partial charge in [0.15, 0.2) is 0 Å². The third-order valence-corrected chi connectivity index (χ3v) is 8.59. The van der Waals surface area contributed by atoms with Crippen molar-refractivity contribution in [3.05, 3.63) is 93.9 Å². The highest BCUT2D eigenvalue weighted by atomic mass is 32.2. The maximum Gasteiger partial charge on any atom is 0.335 e. The van der Waals surface area contributed by atoms with Gasteiger partial charge in [0.05, 0.1) is 30.3 Å². The number of benzene rings is 3. The zero-order valence-electron chi connectivity index (χ0n) is 23.0. The van der Waals surface area contributed by atoms with Crippen LogP contribution in [0.25, 0.3) is 17.2 Å². The number of hydrogen-bond donors (Lipinski definition) is 2. The van der Waals surface area contributed by atoms with Gasteiger partial charge in [-0.05, 0) is 59.0 Å². The van der Waals surface area contributed by atoms with Crippen LogP contribution in [0, 0.1) is 0 Å². The molecule has 0 aromatic heterocycles. The molecule has 0 saturated carbocycles. The van der Waals surface area contributed by atoms with Crippen LogP contribution in [0.15, 0.2) is 71.6 Å². The second-order valence-electron chi connectivity index (χ2n) is 10.00. The fraction of sp³-hybridized carbons (Fsp3) is 0.281. The van der Waals surface area contributed by atoms with Crippen molar-refractivity contribution in [3.63, 3.8) is 0 Å². The maximum atomic E-state index is 13.3. The molecule has 2 N–H and O–H groups in total. The van der Waals surface area contributed by atoms with Gasteiger partial charge in [0.2, 0.25) is 0 Å². The molecule has 2 fully saturated rings. The summed E-state index contributed by atoms with van der Waals surface area (Å²) in [5.74, 6) is -0.369. The predicted octanol–water partition coefficient (Wildman–Crippen LogP) is 4.70. The Labute approximate surface area is 254 Å². The van der Waals surface area contributed by atoms with Gasteiger partial charge in [-0.25, -0.2) is 4.79 Å². The minimum absolute atomic E-state index is 0.0291. The van der Waals surface area contributed by atoms with Gasteiger partial charge in [0, 0.05) is 31.7 Å². The molecule has 0 bridgehead atoms.